The summed E-state index contributed by atoms with van der Waals surface area (Å²) in [5.74, 6) is 0.130. The minimum atomic E-state index is -0.253. The van der Waals surface area contributed by atoms with Gasteiger partial charge in [-0.15, -0.1) is 11.3 Å². The number of amides is 1. The van der Waals surface area contributed by atoms with Gasteiger partial charge >= 0.3 is 0 Å². The molecule has 6 nitrogen and oxygen atoms in total. The monoisotopic (exact) mass is 310 g/mol. The minimum Gasteiger partial charge on any atom is -0.363 e. The van der Waals surface area contributed by atoms with E-state index in [2.05, 4.69) is 15.5 Å². The second-order valence-corrected chi connectivity index (χ2v) is 5.44. The molecule has 4 aromatic rings. The van der Waals surface area contributed by atoms with Gasteiger partial charge in [0.1, 0.15) is 12.0 Å². The molecule has 7 heteroatoms. The summed E-state index contributed by atoms with van der Waals surface area (Å²) >= 11 is 1.42. The van der Waals surface area contributed by atoms with Crippen molar-refractivity contribution in [2.24, 2.45) is 0 Å². The molecule has 0 bridgehead atoms. The van der Waals surface area contributed by atoms with Gasteiger partial charge in [0.2, 0.25) is 0 Å². The Hall–Kier alpha value is -2.93. The van der Waals surface area contributed by atoms with Crippen molar-refractivity contribution >= 4 is 28.0 Å². The number of hydrogen-bond acceptors (Lipinski definition) is 5. The van der Waals surface area contributed by atoms with E-state index in [0.29, 0.717) is 11.5 Å². The summed E-state index contributed by atoms with van der Waals surface area (Å²) in [6, 6.07) is 11.4. The smallest absolute Gasteiger partial charge is 0.274 e. The van der Waals surface area contributed by atoms with E-state index in [-0.39, 0.29) is 5.91 Å². The van der Waals surface area contributed by atoms with Gasteiger partial charge in [0, 0.05) is 23.2 Å². The summed E-state index contributed by atoms with van der Waals surface area (Å²) in [4.78, 5) is 17.6. The third kappa shape index (κ3) is 2.17. The standard InChI is InChI=1S/C15H10N4O2S/c20-14(17-13-6-7-21-18-13)12-9-22-15-16-11(8-19(12)15)10-4-2-1-3-5-10/h1-9H,(H,17,18,20). The number of nitrogens with zero attached hydrogens (tertiary/aromatic N) is 3. The zero-order valence-corrected chi connectivity index (χ0v) is 12.1. The molecule has 22 heavy (non-hydrogen) atoms. The van der Waals surface area contributed by atoms with E-state index in [1.807, 2.05) is 36.5 Å². The highest BCUT2D eigenvalue weighted by atomic mass is 32.1. The van der Waals surface area contributed by atoms with Crippen molar-refractivity contribution in [2.75, 3.05) is 5.32 Å². The molecule has 3 aromatic heterocycles. The van der Waals surface area contributed by atoms with Gasteiger partial charge in [0.05, 0.1) is 5.69 Å². The molecule has 0 radical (unpaired) electrons. The Bertz CT molecular complexity index is 925. The molecule has 1 aromatic carbocycles. The third-order valence-corrected chi connectivity index (χ3v) is 4.03. The average Bonchev–Trinajstić information content (AvgIpc) is 3.24. The van der Waals surface area contributed by atoms with E-state index in [1.54, 1.807) is 15.8 Å². The molecule has 1 N–H and O–H groups in total. The molecule has 1 amide bonds. The Kier molecular flexibility index (Phi) is 2.97. The van der Waals surface area contributed by atoms with Gasteiger partial charge in [-0.2, -0.15) is 0 Å². The number of anilines is 1. The predicted molar refractivity (Wildman–Crippen MR) is 83.0 cm³/mol. The molecule has 0 saturated carbocycles. The molecule has 3 heterocycles. The fourth-order valence-electron chi connectivity index (χ4n) is 2.15. The number of nitrogens with one attached hydrogen (secondary N) is 1. The van der Waals surface area contributed by atoms with Crippen molar-refractivity contribution in [2.45, 2.75) is 0 Å². The fourth-order valence-corrected chi connectivity index (χ4v) is 3.01. The molecule has 0 atom stereocenters. The normalized spacial score (nSPS) is 10.9. The van der Waals surface area contributed by atoms with Crippen LogP contribution >= 0.6 is 11.3 Å². The molecular formula is C15H10N4O2S. The fraction of sp³-hybridized carbons (Fsp3) is 0. The van der Waals surface area contributed by atoms with Crippen LogP contribution in [0.3, 0.4) is 0 Å². The van der Waals surface area contributed by atoms with Crippen LogP contribution in [-0.4, -0.2) is 20.4 Å². The molecule has 0 fully saturated rings. The van der Waals surface area contributed by atoms with Crippen LogP contribution in [0.25, 0.3) is 16.2 Å². The molecule has 0 spiro atoms. The largest absolute Gasteiger partial charge is 0.363 e. The van der Waals surface area contributed by atoms with Gasteiger partial charge in [-0.25, -0.2) is 4.98 Å². The Morgan fingerprint density at radius 2 is 2.09 bits per heavy atom. The first-order chi connectivity index (χ1) is 10.8. The molecule has 0 unspecified atom stereocenters. The maximum atomic E-state index is 12.3. The van der Waals surface area contributed by atoms with Gasteiger partial charge in [-0.1, -0.05) is 35.5 Å². The van der Waals surface area contributed by atoms with Crippen molar-refractivity contribution in [3.63, 3.8) is 0 Å². The quantitative estimate of drug-likeness (QED) is 0.630. The molecule has 0 aliphatic carbocycles. The lowest BCUT2D eigenvalue weighted by atomic mass is 10.2. The second kappa shape index (κ2) is 5.12. The zero-order valence-electron chi connectivity index (χ0n) is 11.3. The Morgan fingerprint density at radius 3 is 2.86 bits per heavy atom. The lowest BCUT2D eigenvalue weighted by molar-refractivity contribution is 0.102. The van der Waals surface area contributed by atoms with Crippen molar-refractivity contribution in [3.05, 3.63) is 59.9 Å². The summed E-state index contributed by atoms with van der Waals surface area (Å²) in [6.07, 6.45) is 3.27. The highest BCUT2D eigenvalue weighted by molar-refractivity contribution is 7.15. The van der Waals surface area contributed by atoms with Gasteiger partial charge in [-0.05, 0) is 0 Å². The van der Waals surface area contributed by atoms with Crippen molar-refractivity contribution in [1.82, 2.24) is 14.5 Å². The first-order valence-electron chi connectivity index (χ1n) is 6.55. The van der Waals surface area contributed by atoms with E-state index >= 15 is 0 Å². The third-order valence-electron chi connectivity index (χ3n) is 3.19. The average molecular weight is 310 g/mol. The van der Waals surface area contributed by atoms with E-state index in [9.17, 15) is 4.79 Å². The van der Waals surface area contributed by atoms with E-state index in [0.717, 1.165) is 16.2 Å². The highest BCUT2D eigenvalue weighted by Gasteiger charge is 2.16. The lowest BCUT2D eigenvalue weighted by Gasteiger charge is -1.99. The van der Waals surface area contributed by atoms with Crippen LogP contribution in [0.15, 0.2) is 58.8 Å². The second-order valence-electron chi connectivity index (χ2n) is 4.60. The summed E-state index contributed by atoms with van der Waals surface area (Å²) in [5, 5.41) is 8.12. The topological polar surface area (TPSA) is 72.4 Å². The van der Waals surface area contributed by atoms with E-state index in [4.69, 9.17) is 4.52 Å². The van der Waals surface area contributed by atoms with Gasteiger partial charge in [-0.3, -0.25) is 9.20 Å². The minimum absolute atomic E-state index is 0.253. The molecule has 0 saturated heterocycles. The summed E-state index contributed by atoms with van der Waals surface area (Å²) in [5.41, 5.74) is 2.36. The van der Waals surface area contributed by atoms with Gasteiger partial charge in [0.15, 0.2) is 10.8 Å². The zero-order chi connectivity index (χ0) is 14.9. The van der Waals surface area contributed by atoms with Crippen LogP contribution < -0.4 is 5.32 Å². The summed E-state index contributed by atoms with van der Waals surface area (Å²) in [7, 11) is 0. The van der Waals surface area contributed by atoms with Crippen LogP contribution in [0.4, 0.5) is 5.82 Å². The highest BCUT2D eigenvalue weighted by Crippen LogP contribution is 2.23. The maximum Gasteiger partial charge on any atom is 0.274 e. The van der Waals surface area contributed by atoms with Crippen molar-refractivity contribution in [3.8, 4) is 11.3 Å². The number of benzene rings is 1. The number of imidazole rings is 1. The summed E-state index contributed by atoms with van der Waals surface area (Å²) < 4.78 is 6.48. The van der Waals surface area contributed by atoms with E-state index < -0.39 is 0 Å². The number of thiazole rings is 1. The molecule has 0 aliphatic heterocycles. The maximum absolute atomic E-state index is 12.3. The van der Waals surface area contributed by atoms with Crippen LogP contribution in [0.1, 0.15) is 10.5 Å². The number of rotatable bonds is 3. The van der Waals surface area contributed by atoms with Crippen LogP contribution in [0, 0.1) is 0 Å². The molecule has 108 valence electrons. The Morgan fingerprint density at radius 1 is 1.23 bits per heavy atom. The van der Waals surface area contributed by atoms with E-state index in [1.165, 1.54) is 17.6 Å². The van der Waals surface area contributed by atoms with Gasteiger partial charge in [0.25, 0.3) is 5.91 Å². The number of fused-ring (bicyclic) bond motifs is 1. The summed E-state index contributed by atoms with van der Waals surface area (Å²) in [6.45, 7) is 0. The number of carbonyl (C=O) groups excluding carboxylic acids is 1. The molecule has 4 rings (SSSR count). The molecule has 0 aliphatic rings. The lowest BCUT2D eigenvalue weighted by Crippen LogP contribution is -2.13. The van der Waals surface area contributed by atoms with Crippen LogP contribution in [-0.2, 0) is 0 Å². The van der Waals surface area contributed by atoms with Crippen molar-refractivity contribution < 1.29 is 9.32 Å². The number of carbonyl (C=O) groups is 1. The first kappa shape index (κ1) is 12.8. The Balaban J connectivity index is 1.70. The van der Waals surface area contributed by atoms with Crippen LogP contribution in [0.5, 0.6) is 0 Å². The Labute approximate surface area is 129 Å². The number of hydrogen-bond donors (Lipinski definition) is 1. The molecular weight excluding hydrogens is 300 g/mol. The van der Waals surface area contributed by atoms with Crippen LogP contribution in [0.2, 0.25) is 0 Å². The SMILES string of the molecule is O=C(Nc1ccon1)c1csc2nc(-c3ccccc3)cn12. The van der Waals surface area contributed by atoms with Crippen molar-refractivity contribution in [1.29, 1.82) is 0 Å². The predicted octanol–water partition coefficient (Wildman–Crippen LogP) is 3.30. The van der Waals surface area contributed by atoms with Gasteiger partial charge < -0.3 is 9.84 Å². The first-order valence-corrected chi connectivity index (χ1v) is 7.43. The number of aromatic nitrogens is 3.